The van der Waals surface area contributed by atoms with Crippen molar-refractivity contribution in [2.75, 3.05) is 0 Å². The lowest BCUT2D eigenvalue weighted by Gasteiger charge is -2.25. The van der Waals surface area contributed by atoms with Crippen LogP contribution in [0.25, 0.3) is 0 Å². The van der Waals surface area contributed by atoms with Gasteiger partial charge in [-0.3, -0.25) is 0 Å². The van der Waals surface area contributed by atoms with E-state index in [-0.39, 0.29) is 5.71 Å². The molecule has 1 unspecified atom stereocenters. The van der Waals surface area contributed by atoms with E-state index in [2.05, 4.69) is 19.5 Å². The van der Waals surface area contributed by atoms with E-state index in [0.29, 0.717) is 18.1 Å². The molecule has 19 heavy (non-hydrogen) atoms. The largest absolute Gasteiger partial charge is 0.390 e. The van der Waals surface area contributed by atoms with Crippen LogP contribution in [0.2, 0.25) is 0 Å². The van der Waals surface area contributed by atoms with Gasteiger partial charge in [0.05, 0.1) is 6.04 Å². The fourth-order valence-electron chi connectivity index (χ4n) is 2.99. The van der Waals surface area contributed by atoms with Crippen LogP contribution in [0.3, 0.4) is 0 Å². The molecule has 0 spiro atoms. The van der Waals surface area contributed by atoms with Gasteiger partial charge in [0.15, 0.2) is 0 Å². The summed E-state index contributed by atoms with van der Waals surface area (Å²) >= 11 is 0. The molecule has 2 aliphatic rings. The number of nitrogens with zero attached hydrogens (tertiary/aromatic N) is 1. The van der Waals surface area contributed by atoms with Crippen LogP contribution in [0.5, 0.6) is 0 Å². The zero-order chi connectivity index (χ0) is 13.5. The quantitative estimate of drug-likeness (QED) is 0.479. The summed E-state index contributed by atoms with van der Waals surface area (Å²) in [4.78, 5) is 15.8. The lowest BCUT2D eigenvalue weighted by molar-refractivity contribution is 0.219. The second-order valence-electron chi connectivity index (χ2n) is 5.63. The molecular weight excluding hydrogens is 259 g/mol. The summed E-state index contributed by atoms with van der Waals surface area (Å²) in [5.74, 6) is 0. The molecule has 0 aromatic heterocycles. The van der Waals surface area contributed by atoms with Crippen molar-refractivity contribution in [1.29, 1.82) is 0 Å². The molecule has 0 amide bonds. The Morgan fingerprint density at radius 1 is 1.00 bits per heavy atom. The Kier molecular flexibility index (Phi) is 6.09. The summed E-state index contributed by atoms with van der Waals surface area (Å²) in [7, 11) is 2.06. The van der Waals surface area contributed by atoms with Crippen LogP contribution < -0.4 is 5.32 Å². The number of ether oxygens (including phenoxy) is 1. The highest BCUT2D eigenvalue weighted by molar-refractivity contribution is 7.39. The minimum atomic E-state index is -0.363. The Morgan fingerprint density at radius 3 is 2.16 bits per heavy atom. The van der Waals surface area contributed by atoms with Crippen molar-refractivity contribution in [3.63, 3.8) is 0 Å². The molecule has 0 aliphatic heterocycles. The molecule has 4 nitrogen and oxygen atoms in total. The molecule has 5 heteroatoms. The van der Waals surface area contributed by atoms with Crippen LogP contribution in [0, 0.1) is 0 Å². The van der Waals surface area contributed by atoms with Crippen LogP contribution >= 0.6 is 9.24 Å². The summed E-state index contributed by atoms with van der Waals surface area (Å²) in [6, 6.07) is 1.18. The third-order valence-corrected chi connectivity index (χ3v) is 4.12. The standard InChI is InChI=1S/C14H25N2O2P/c17-14(19)18-13(15-11-7-3-1-4-8-11)16-12-9-5-2-6-10-12/h11-12H,1-10,19H2,(H,15,16). The highest BCUT2D eigenvalue weighted by Crippen LogP contribution is 2.21. The van der Waals surface area contributed by atoms with Gasteiger partial charge in [-0.1, -0.05) is 38.5 Å². The highest BCUT2D eigenvalue weighted by atomic mass is 31.0. The molecule has 1 atom stereocenters. The van der Waals surface area contributed by atoms with Gasteiger partial charge in [0, 0.05) is 6.04 Å². The fraction of sp³-hybridized carbons (Fsp3) is 0.857. The van der Waals surface area contributed by atoms with E-state index in [9.17, 15) is 4.79 Å². The van der Waals surface area contributed by atoms with Gasteiger partial charge in [-0.15, -0.1) is 0 Å². The predicted molar refractivity (Wildman–Crippen MR) is 80.5 cm³/mol. The second-order valence-corrected chi connectivity index (χ2v) is 6.10. The predicted octanol–water partition coefficient (Wildman–Crippen LogP) is 3.61. The SMILES string of the molecule is O=C(P)OC(=NC1CCCCC1)NC1CCCCC1. The van der Waals surface area contributed by atoms with Gasteiger partial charge < -0.3 is 10.1 Å². The van der Waals surface area contributed by atoms with Crippen LogP contribution in [0.1, 0.15) is 64.2 Å². The average Bonchev–Trinajstić information content (AvgIpc) is 2.40. The van der Waals surface area contributed by atoms with Crippen molar-refractivity contribution in [1.82, 2.24) is 5.32 Å². The minimum absolute atomic E-state index is 0.323. The molecule has 0 bridgehead atoms. The van der Waals surface area contributed by atoms with Gasteiger partial charge in [-0.25, -0.2) is 9.79 Å². The van der Waals surface area contributed by atoms with Gasteiger partial charge in [-0.05, 0) is 34.9 Å². The average molecular weight is 284 g/mol. The Labute approximate surface area is 118 Å². The van der Waals surface area contributed by atoms with Crippen molar-refractivity contribution in [3.8, 4) is 0 Å². The first kappa shape index (κ1) is 14.8. The summed E-state index contributed by atoms with van der Waals surface area (Å²) in [6.07, 6.45) is 12.1. The molecule has 1 N–H and O–H groups in total. The van der Waals surface area contributed by atoms with Gasteiger partial charge in [0.1, 0.15) is 0 Å². The molecule has 0 radical (unpaired) electrons. The van der Waals surface area contributed by atoms with E-state index >= 15 is 0 Å². The van der Waals surface area contributed by atoms with E-state index in [1.807, 2.05) is 0 Å². The number of carbonyl (C=O) groups excluding carboxylic acids is 1. The summed E-state index contributed by atoms with van der Waals surface area (Å²) in [5, 5.41) is 3.33. The van der Waals surface area contributed by atoms with Crippen molar-refractivity contribution in [3.05, 3.63) is 0 Å². The summed E-state index contributed by atoms with van der Waals surface area (Å²) in [5.41, 5.74) is -0.363. The number of carbonyl (C=O) groups is 1. The number of rotatable bonds is 2. The molecule has 2 fully saturated rings. The maximum Gasteiger partial charge on any atom is 0.327 e. The van der Waals surface area contributed by atoms with Crippen molar-refractivity contribution < 1.29 is 9.53 Å². The van der Waals surface area contributed by atoms with E-state index in [1.54, 1.807) is 0 Å². The smallest absolute Gasteiger partial charge is 0.327 e. The Balaban J connectivity index is 1.92. The van der Waals surface area contributed by atoms with Gasteiger partial charge in [0.25, 0.3) is 6.02 Å². The number of amidine groups is 1. The topological polar surface area (TPSA) is 50.7 Å². The monoisotopic (exact) mass is 284 g/mol. The van der Waals surface area contributed by atoms with Gasteiger partial charge >= 0.3 is 5.71 Å². The molecule has 0 heterocycles. The molecule has 2 rings (SSSR count). The first-order chi connectivity index (χ1) is 9.24. The van der Waals surface area contributed by atoms with Crippen LogP contribution in [0.4, 0.5) is 4.79 Å². The number of hydrogen-bond donors (Lipinski definition) is 1. The number of aliphatic imine (C=N–C) groups is 1. The first-order valence-corrected chi connectivity index (χ1v) is 8.13. The van der Waals surface area contributed by atoms with Crippen molar-refractivity contribution in [2.24, 2.45) is 4.99 Å². The molecule has 0 aromatic rings. The second kappa shape index (κ2) is 7.84. The van der Waals surface area contributed by atoms with Crippen LogP contribution in [-0.4, -0.2) is 23.8 Å². The van der Waals surface area contributed by atoms with Gasteiger partial charge in [-0.2, -0.15) is 0 Å². The maximum atomic E-state index is 11.2. The third kappa shape index (κ3) is 5.48. The molecule has 108 valence electrons. The molecule has 2 saturated carbocycles. The van der Waals surface area contributed by atoms with E-state index in [4.69, 9.17) is 4.74 Å². The van der Waals surface area contributed by atoms with Crippen LogP contribution in [-0.2, 0) is 4.74 Å². The Hall–Kier alpha value is -0.630. The lowest BCUT2D eigenvalue weighted by atomic mass is 9.95. The third-order valence-electron chi connectivity index (χ3n) is 4.00. The normalized spacial score (nSPS) is 23.1. The first-order valence-electron chi connectivity index (χ1n) is 7.55. The Bertz CT molecular complexity index is 321. The summed E-state index contributed by atoms with van der Waals surface area (Å²) in [6.45, 7) is 0. The molecule has 0 aromatic carbocycles. The molecule has 0 saturated heterocycles. The maximum absolute atomic E-state index is 11.2. The fourth-order valence-corrected chi connectivity index (χ4v) is 3.10. The zero-order valence-electron chi connectivity index (χ0n) is 11.6. The highest BCUT2D eigenvalue weighted by Gasteiger charge is 2.19. The molecule has 2 aliphatic carbocycles. The van der Waals surface area contributed by atoms with Crippen molar-refractivity contribution in [2.45, 2.75) is 76.3 Å². The van der Waals surface area contributed by atoms with E-state index in [1.165, 1.54) is 38.5 Å². The number of hydrogen-bond acceptors (Lipinski definition) is 3. The van der Waals surface area contributed by atoms with Crippen LogP contribution in [0.15, 0.2) is 4.99 Å². The Morgan fingerprint density at radius 2 is 1.58 bits per heavy atom. The lowest BCUT2D eigenvalue weighted by Crippen LogP contribution is -2.39. The summed E-state index contributed by atoms with van der Waals surface area (Å²) < 4.78 is 5.22. The molecular formula is C14H25N2O2P. The number of nitrogens with one attached hydrogen (secondary N) is 1. The minimum Gasteiger partial charge on any atom is -0.390 e. The van der Waals surface area contributed by atoms with Crippen molar-refractivity contribution >= 4 is 21.0 Å². The van der Waals surface area contributed by atoms with E-state index < -0.39 is 0 Å². The van der Waals surface area contributed by atoms with Gasteiger partial charge in [0.2, 0.25) is 0 Å². The zero-order valence-corrected chi connectivity index (χ0v) is 12.7. The van der Waals surface area contributed by atoms with E-state index in [0.717, 1.165) is 25.7 Å².